The Balaban J connectivity index is 2.19. The molecular formula is C13H12Cl2F4N2. The lowest BCUT2D eigenvalue weighted by atomic mass is 10.2. The third kappa shape index (κ3) is 4.01. The number of imidazole rings is 1. The summed E-state index contributed by atoms with van der Waals surface area (Å²) < 4.78 is 51.4. The number of hydrogen-bond acceptors (Lipinski definition) is 1. The molecule has 0 aliphatic rings. The van der Waals surface area contributed by atoms with Gasteiger partial charge in [-0.2, -0.15) is 13.2 Å². The van der Waals surface area contributed by atoms with E-state index in [1.165, 1.54) is 12.1 Å². The zero-order chi connectivity index (χ0) is 15.6. The fourth-order valence-corrected chi connectivity index (χ4v) is 2.48. The van der Waals surface area contributed by atoms with Crippen molar-refractivity contribution in [1.29, 1.82) is 0 Å². The monoisotopic (exact) mass is 342 g/mol. The molecule has 1 aromatic heterocycles. The number of alkyl halides is 4. The number of unbranched alkanes of at least 4 members (excludes halogenated alkanes) is 1. The van der Waals surface area contributed by atoms with Gasteiger partial charge in [0.25, 0.3) is 0 Å². The highest BCUT2D eigenvalue weighted by molar-refractivity contribution is 6.31. The lowest BCUT2D eigenvalue weighted by Gasteiger charge is -2.09. The third-order valence-corrected chi connectivity index (χ3v) is 3.61. The minimum Gasteiger partial charge on any atom is -0.327 e. The molecule has 0 N–H and O–H groups in total. The maximum absolute atomic E-state index is 13.4. The Morgan fingerprint density at radius 1 is 1.19 bits per heavy atom. The Morgan fingerprint density at radius 3 is 2.52 bits per heavy atom. The van der Waals surface area contributed by atoms with Crippen LogP contribution in [0.5, 0.6) is 0 Å². The highest BCUT2D eigenvalue weighted by Crippen LogP contribution is 2.26. The zero-order valence-corrected chi connectivity index (χ0v) is 12.4. The fraction of sp³-hybridized carbons (Fsp3) is 0.462. The van der Waals surface area contributed by atoms with Gasteiger partial charge in [0.2, 0.25) is 0 Å². The van der Waals surface area contributed by atoms with Crippen molar-refractivity contribution in [3.63, 3.8) is 0 Å². The van der Waals surface area contributed by atoms with Crippen LogP contribution in [-0.4, -0.2) is 15.7 Å². The van der Waals surface area contributed by atoms with Crippen molar-refractivity contribution in [2.45, 2.75) is 37.9 Å². The molecule has 116 valence electrons. The topological polar surface area (TPSA) is 17.8 Å². The third-order valence-electron chi connectivity index (χ3n) is 3.08. The minimum atomic E-state index is -4.15. The molecule has 0 fully saturated rings. The van der Waals surface area contributed by atoms with Gasteiger partial charge in [0.15, 0.2) is 0 Å². The molecule has 0 aliphatic carbocycles. The summed E-state index contributed by atoms with van der Waals surface area (Å²) in [5.74, 6) is -0.0138. The van der Waals surface area contributed by atoms with E-state index in [9.17, 15) is 17.6 Å². The summed E-state index contributed by atoms with van der Waals surface area (Å²) in [4.78, 5) is 4.17. The van der Waals surface area contributed by atoms with E-state index in [0.717, 1.165) is 0 Å². The summed E-state index contributed by atoms with van der Waals surface area (Å²) >= 11 is 11.5. The molecule has 0 radical (unpaired) electrons. The fourth-order valence-electron chi connectivity index (χ4n) is 2.12. The first-order valence-corrected chi connectivity index (χ1v) is 7.20. The van der Waals surface area contributed by atoms with E-state index < -0.39 is 18.4 Å². The van der Waals surface area contributed by atoms with Crippen LogP contribution in [0.2, 0.25) is 5.02 Å². The SMILES string of the molecule is Fc1cc2nc(CCl)n(CCCCC(F)(F)F)c2cc1Cl. The largest absolute Gasteiger partial charge is 0.389 e. The van der Waals surface area contributed by atoms with E-state index in [1.807, 2.05) is 0 Å². The van der Waals surface area contributed by atoms with Crippen LogP contribution in [0.25, 0.3) is 11.0 Å². The molecule has 0 saturated heterocycles. The Kier molecular flexibility index (Phi) is 4.99. The van der Waals surface area contributed by atoms with Crippen LogP contribution in [0.4, 0.5) is 17.6 Å². The Morgan fingerprint density at radius 2 is 1.90 bits per heavy atom. The maximum atomic E-state index is 13.4. The van der Waals surface area contributed by atoms with E-state index in [0.29, 0.717) is 29.8 Å². The summed E-state index contributed by atoms with van der Waals surface area (Å²) in [5.41, 5.74) is 0.965. The van der Waals surface area contributed by atoms with Gasteiger partial charge >= 0.3 is 6.18 Å². The number of halogens is 6. The normalized spacial score (nSPS) is 12.3. The van der Waals surface area contributed by atoms with Gasteiger partial charge < -0.3 is 4.57 Å². The molecule has 8 heteroatoms. The molecule has 2 nitrogen and oxygen atoms in total. The predicted molar refractivity (Wildman–Crippen MR) is 74.2 cm³/mol. The first-order valence-electron chi connectivity index (χ1n) is 6.28. The lowest BCUT2D eigenvalue weighted by molar-refractivity contribution is -0.135. The van der Waals surface area contributed by atoms with Crippen molar-refractivity contribution in [1.82, 2.24) is 9.55 Å². The lowest BCUT2D eigenvalue weighted by Crippen LogP contribution is -2.08. The first-order chi connectivity index (χ1) is 9.81. The van der Waals surface area contributed by atoms with Crippen molar-refractivity contribution in [3.8, 4) is 0 Å². The van der Waals surface area contributed by atoms with Crippen molar-refractivity contribution in [3.05, 3.63) is 28.8 Å². The number of fused-ring (bicyclic) bond motifs is 1. The molecule has 2 aromatic rings. The number of rotatable bonds is 5. The second-order valence-corrected chi connectivity index (χ2v) is 5.32. The smallest absolute Gasteiger partial charge is 0.327 e. The molecule has 21 heavy (non-hydrogen) atoms. The zero-order valence-electron chi connectivity index (χ0n) is 10.9. The number of aromatic nitrogens is 2. The molecule has 2 rings (SSSR count). The van der Waals surface area contributed by atoms with Crippen LogP contribution in [0.3, 0.4) is 0 Å². The molecule has 0 unspecified atom stereocenters. The van der Waals surface area contributed by atoms with Crippen LogP contribution in [-0.2, 0) is 12.4 Å². The van der Waals surface area contributed by atoms with Crippen LogP contribution in [0.15, 0.2) is 12.1 Å². The van der Waals surface area contributed by atoms with Crippen molar-refractivity contribution >= 4 is 34.2 Å². The van der Waals surface area contributed by atoms with Crippen LogP contribution >= 0.6 is 23.2 Å². The molecule has 0 aliphatic heterocycles. The quantitative estimate of drug-likeness (QED) is 0.409. The van der Waals surface area contributed by atoms with Gasteiger partial charge in [0.1, 0.15) is 11.6 Å². The predicted octanol–water partition coefficient (Wildman–Crippen LogP) is 5.30. The van der Waals surface area contributed by atoms with E-state index in [4.69, 9.17) is 23.2 Å². The molecule has 0 amide bonds. The Hall–Kier alpha value is -1.01. The van der Waals surface area contributed by atoms with Crippen molar-refractivity contribution < 1.29 is 17.6 Å². The molecule has 1 aromatic carbocycles. The van der Waals surface area contributed by atoms with Gasteiger partial charge in [-0.25, -0.2) is 9.37 Å². The van der Waals surface area contributed by atoms with E-state index in [-0.39, 0.29) is 17.3 Å². The highest BCUT2D eigenvalue weighted by atomic mass is 35.5. The van der Waals surface area contributed by atoms with Gasteiger partial charge in [-0.15, -0.1) is 11.6 Å². The average molecular weight is 343 g/mol. The number of hydrogen-bond donors (Lipinski definition) is 0. The summed E-state index contributed by atoms with van der Waals surface area (Å²) in [6, 6.07) is 2.61. The Bertz CT molecular complexity index is 637. The number of aryl methyl sites for hydroxylation is 1. The summed E-state index contributed by atoms with van der Waals surface area (Å²) in [6.45, 7) is 0.330. The summed E-state index contributed by atoms with van der Waals surface area (Å²) in [6.07, 6.45) is -4.65. The average Bonchev–Trinajstić information content (AvgIpc) is 2.71. The van der Waals surface area contributed by atoms with Gasteiger partial charge in [-0.1, -0.05) is 11.6 Å². The molecular weight excluding hydrogens is 331 g/mol. The number of nitrogens with zero attached hydrogens (tertiary/aromatic N) is 2. The van der Waals surface area contributed by atoms with Crippen molar-refractivity contribution in [2.24, 2.45) is 0 Å². The van der Waals surface area contributed by atoms with Gasteiger partial charge in [-0.3, -0.25) is 0 Å². The Labute approximate surface area is 128 Å². The minimum absolute atomic E-state index is 0.0137. The van der Waals surface area contributed by atoms with Crippen LogP contribution in [0.1, 0.15) is 25.1 Å². The highest BCUT2D eigenvalue weighted by Gasteiger charge is 2.26. The van der Waals surface area contributed by atoms with Gasteiger partial charge in [0, 0.05) is 19.0 Å². The van der Waals surface area contributed by atoms with E-state index >= 15 is 0 Å². The molecule has 1 heterocycles. The molecule has 0 spiro atoms. The van der Waals surface area contributed by atoms with Crippen LogP contribution < -0.4 is 0 Å². The van der Waals surface area contributed by atoms with Crippen LogP contribution in [0, 0.1) is 5.82 Å². The number of benzene rings is 1. The molecule has 0 bridgehead atoms. The van der Waals surface area contributed by atoms with Crippen molar-refractivity contribution in [2.75, 3.05) is 0 Å². The molecule has 0 saturated carbocycles. The molecule has 0 atom stereocenters. The first kappa shape index (κ1) is 16.4. The van der Waals surface area contributed by atoms with E-state index in [1.54, 1.807) is 4.57 Å². The van der Waals surface area contributed by atoms with Gasteiger partial charge in [-0.05, 0) is 18.9 Å². The summed E-state index contributed by atoms with van der Waals surface area (Å²) in [7, 11) is 0. The standard InChI is InChI=1S/C13H12Cl2F4N2/c14-7-12-20-10-6-9(16)8(15)5-11(10)21(12)4-2-1-3-13(17,18)19/h5-6H,1-4,7H2. The second-order valence-electron chi connectivity index (χ2n) is 4.64. The van der Waals surface area contributed by atoms with E-state index in [2.05, 4.69) is 4.98 Å². The maximum Gasteiger partial charge on any atom is 0.389 e. The summed E-state index contributed by atoms with van der Waals surface area (Å²) in [5, 5.41) is -0.0555. The van der Waals surface area contributed by atoms with Gasteiger partial charge in [0.05, 0.1) is 21.9 Å². The second kappa shape index (κ2) is 6.40.